The lowest BCUT2D eigenvalue weighted by Crippen LogP contribution is -1.99. The van der Waals surface area contributed by atoms with Crippen molar-refractivity contribution < 1.29 is 4.52 Å². The molecule has 8 heteroatoms. The van der Waals surface area contributed by atoms with E-state index >= 15 is 0 Å². The van der Waals surface area contributed by atoms with Crippen molar-refractivity contribution in [2.24, 2.45) is 0 Å². The number of hydrogen-bond acceptors (Lipinski definition) is 8. The minimum absolute atomic E-state index is 0.586. The maximum absolute atomic E-state index is 5.32. The lowest BCUT2D eigenvalue weighted by Gasteiger charge is -1.97. The van der Waals surface area contributed by atoms with Gasteiger partial charge in [-0.15, -0.1) is 10.2 Å². The number of nitrogens with one attached hydrogen (secondary N) is 1. The highest BCUT2D eigenvalue weighted by atomic mass is 32.2. The largest absolute Gasteiger partial charge is 0.360 e. The van der Waals surface area contributed by atoms with Gasteiger partial charge < -0.3 is 9.84 Å². The highest BCUT2D eigenvalue weighted by Gasteiger charge is 2.11. The average molecular weight is 361 g/mol. The van der Waals surface area contributed by atoms with Crippen LogP contribution < -0.4 is 5.32 Å². The summed E-state index contributed by atoms with van der Waals surface area (Å²) in [5, 5.41) is 16.5. The second-order valence-corrected chi connectivity index (χ2v) is 7.52. The molecule has 126 valence electrons. The number of aryl methyl sites for hydroxylation is 1. The lowest BCUT2D eigenvalue weighted by molar-refractivity contribution is 0.391. The van der Waals surface area contributed by atoms with Crippen molar-refractivity contribution in [2.75, 3.05) is 11.9 Å². The maximum Gasteiger partial charge on any atom is 0.237 e. The zero-order chi connectivity index (χ0) is 16.8. The van der Waals surface area contributed by atoms with Crippen molar-refractivity contribution in [1.82, 2.24) is 20.3 Å². The van der Waals surface area contributed by atoms with Crippen LogP contribution in [0.4, 0.5) is 5.13 Å². The van der Waals surface area contributed by atoms with Crippen LogP contribution in [0.3, 0.4) is 0 Å². The van der Waals surface area contributed by atoms with Crippen molar-refractivity contribution in [2.45, 2.75) is 36.8 Å². The van der Waals surface area contributed by atoms with Gasteiger partial charge in [0.25, 0.3) is 0 Å². The molecule has 3 rings (SSSR count). The summed E-state index contributed by atoms with van der Waals surface area (Å²) in [7, 11) is 0. The number of unbranched alkanes of at least 4 members (excludes halogenated alkanes) is 1. The second-order valence-electron chi connectivity index (χ2n) is 5.32. The standard InChI is InChI=1S/C16H19N5OS2/c1-3-4-9-17-15-19-20-16(24-15)23-10-13-18-14(21-22-13)12-7-5-11(2)6-8-12/h5-8H,3-4,9-10H2,1-2H3,(H,17,19). The van der Waals surface area contributed by atoms with Gasteiger partial charge in [0.05, 0.1) is 5.75 Å². The number of hydrogen-bond donors (Lipinski definition) is 1. The fourth-order valence-corrected chi connectivity index (χ4v) is 3.58. The molecule has 6 nitrogen and oxygen atoms in total. The van der Waals surface area contributed by atoms with Gasteiger partial charge in [0, 0.05) is 12.1 Å². The maximum atomic E-state index is 5.32. The molecule has 2 heterocycles. The molecule has 0 aliphatic heterocycles. The molecule has 0 amide bonds. The van der Waals surface area contributed by atoms with Gasteiger partial charge in [0.2, 0.25) is 16.8 Å². The fraction of sp³-hybridized carbons (Fsp3) is 0.375. The molecule has 0 saturated carbocycles. The number of aromatic nitrogens is 4. The van der Waals surface area contributed by atoms with Crippen LogP contribution in [0.5, 0.6) is 0 Å². The first kappa shape index (κ1) is 16.9. The third kappa shape index (κ3) is 4.55. The Labute approximate surface area is 149 Å². The van der Waals surface area contributed by atoms with E-state index in [1.807, 2.05) is 24.3 Å². The van der Waals surface area contributed by atoms with E-state index in [1.165, 1.54) is 5.56 Å². The molecule has 1 aromatic carbocycles. The van der Waals surface area contributed by atoms with Crippen LogP contribution in [0.2, 0.25) is 0 Å². The molecule has 0 aliphatic carbocycles. The molecular formula is C16H19N5OS2. The molecule has 24 heavy (non-hydrogen) atoms. The molecule has 2 aromatic heterocycles. The van der Waals surface area contributed by atoms with Gasteiger partial charge in [-0.3, -0.25) is 0 Å². The van der Waals surface area contributed by atoms with E-state index < -0.39 is 0 Å². The normalized spacial score (nSPS) is 10.9. The molecule has 0 bridgehead atoms. The third-order valence-corrected chi connectivity index (χ3v) is 5.31. The van der Waals surface area contributed by atoms with Gasteiger partial charge in [-0.05, 0) is 13.3 Å². The Morgan fingerprint density at radius 2 is 2.04 bits per heavy atom. The van der Waals surface area contributed by atoms with Crippen molar-refractivity contribution in [3.8, 4) is 11.4 Å². The van der Waals surface area contributed by atoms with Crippen LogP contribution in [0.1, 0.15) is 31.2 Å². The molecule has 0 saturated heterocycles. The second kappa shape index (κ2) is 8.25. The Kier molecular flexibility index (Phi) is 5.81. The Balaban J connectivity index is 1.54. The Hall–Kier alpha value is -1.93. The van der Waals surface area contributed by atoms with Crippen LogP contribution in [0.25, 0.3) is 11.4 Å². The summed E-state index contributed by atoms with van der Waals surface area (Å²) in [5.41, 5.74) is 2.16. The van der Waals surface area contributed by atoms with Crippen molar-refractivity contribution >= 4 is 28.2 Å². The van der Waals surface area contributed by atoms with Crippen LogP contribution >= 0.6 is 23.1 Å². The van der Waals surface area contributed by atoms with E-state index in [-0.39, 0.29) is 0 Å². The number of thioether (sulfide) groups is 1. The summed E-state index contributed by atoms with van der Waals surface area (Å²) >= 11 is 3.10. The van der Waals surface area contributed by atoms with Crippen molar-refractivity contribution in [3.05, 3.63) is 35.7 Å². The van der Waals surface area contributed by atoms with E-state index in [1.54, 1.807) is 23.1 Å². The van der Waals surface area contributed by atoms with E-state index in [0.717, 1.165) is 34.4 Å². The Morgan fingerprint density at radius 1 is 1.21 bits per heavy atom. The first-order valence-corrected chi connectivity index (χ1v) is 9.64. The predicted octanol–water partition coefficient (Wildman–Crippen LogP) is 4.40. The number of rotatable bonds is 8. The van der Waals surface area contributed by atoms with Gasteiger partial charge in [-0.25, -0.2) is 0 Å². The third-order valence-electron chi connectivity index (χ3n) is 3.31. The highest BCUT2D eigenvalue weighted by Crippen LogP contribution is 2.28. The molecule has 0 unspecified atom stereocenters. The summed E-state index contributed by atoms with van der Waals surface area (Å²) in [6.45, 7) is 5.15. The fourth-order valence-electron chi connectivity index (χ4n) is 1.97. The van der Waals surface area contributed by atoms with Gasteiger partial charge in [0.1, 0.15) is 0 Å². The topological polar surface area (TPSA) is 76.7 Å². The molecule has 0 aliphatic rings. The van der Waals surface area contributed by atoms with Gasteiger partial charge in [-0.2, -0.15) is 4.98 Å². The molecule has 0 fully saturated rings. The molecule has 0 atom stereocenters. The van der Waals surface area contributed by atoms with Crippen LogP contribution in [0, 0.1) is 6.92 Å². The van der Waals surface area contributed by atoms with Gasteiger partial charge >= 0.3 is 0 Å². The van der Waals surface area contributed by atoms with Crippen molar-refractivity contribution in [3.63, 3.8) is 0 Å². The van der Waals surface area contributed by atoms with E-state index in [4.69, 9.17) is 4.52 Å². The Bertz CT molecular complexity index is 769. The van der Waals surface area contributed by atoms with Crippen LogP contribution in [-0.2, 0) is 5.75 Å². The molecule has 0 radical (unpaired) electrons. The molecule has 0 spiro atoms. The minimum Gasteiger partial charge on any atom is -0.360 e. The van der Waals surface area contributed by atoms with Gasteiger partial charge in [-0.1, -0.05) is 71.4 Å². The van der Waals surface area contributed by atoms with Crippen molar-refractivity contribution in [1.29, 1.82) is 0 Å². The first-order chi connectivity index (χ1) is 11.7. The highest BCUT2D eigenvalue weighted by molar-refractivity contribution is 8.00. The number of anilines is 1. The zero-order valence-electron chi connectivity index (χ0n) is 13.7. The SMILES string of the molecule is CCCCNc1nnc(SCc2nc(-c3ccc(C)cc3)no2)s1. The summed E-state index contributed by atoms with van der Waals surface area (Å²) < 4.78 is 6.21. The van der Waals surface area contributed by atoms with Crippen LogP contribution in [-0.4, -0.2) is 26.9 Å². The van der Waals surface area contributed by atoms with E-state index in [2.05, 4.69) is 39.5 Å². The summed E-state index contributed by atoms with van der Waals surface area (Å²) in [6, 6.07) is 8.06. The Morgan fingerprint density at radius 3 is 2.83 bits per heavy atom. The monoisotopic (exact) mass is 361 g/mol. The zero-order valence-corrected chi connectivity index (χ0v) is 15.3. The summed E-state index contributed by atoms with van der Waals surface area (Å²) in [6.07, 6.45) is 2.29. The lowest BCUT2D eigenvalue weighted by atomic mass is 10.1. The quantitative estimate of drug-likeness (QED) is 0.470. The smallest absolute Gasteiger partial charge is 0.237 e. The summed E-state index contributed by atoms with van der Waals surface area (Å²) in [4.78, 5) is 4.43. The molecule has 3 aromatic rings. The summed E-state index contributed by atoms with van der Waals surface area (Å²) in [5.74, 6) is 1.79. The predicted molar refractivity (Wildman–Crippen MR) is 97.3 cm³/mol. The van der Waals surface area contributed by atoms with Gasteiger partial charge in [0.15, 0.2) is 4.34 Å². The molecular weight excluding hydrogens is 342 g/mol. The number of nitrogens with zero attached hydrogens (tertiary/aromatic N) is 4. The minimum atomic E-state index is 0.586. The van der Waals surface area contributed by atoms with E-state index in [0.29, 0.717) is 17.5 Å². The van der Waals surface area contributed by atoms with Crippen LogP contribution in [0.15, 0.2) is 33.1 Å². The average Bonchev–Trinajstić information content (AvgIpc) is 3.23. The molecule has 1 N–H and O–H groups in total. The van der Waals surface area contributed by atoms with E-state index in [9.17, 15) is 0 Å². The number of benzene rings is 1. The first-order valence-electron chi connectivity index (χ1n) is 7.84.